The highest BCUT2D eigenvalue weighted by atomic mass is 35.5. The number of carbonyl (C=O) groups is 1. The fourth-order valence-electron chi connectivity index (χ4n) is 1.47. The molecule has 1 aromatic carbocycles. The van der Waals surface area contributed by atoms with E-state index in [0.29, 0.717) is 12.3 Å². The quantitative estimate of drug-likeness (QED) is 0.546. The first-order chi connectivity index (χ1) is 9.97. The van der Waals surface area contributed by atoms with Gasteiger partial charge in [-0.15, -0.1) is 12.4 Å². The molecule has 1 unspecified atom stereocenters. The van der Waals surface area contributed by atoms with Gasteiger partial charge in [0.1, 0.15) is 5.75 Å². The zero-order valence-corrected chi connectivity index (χ0v) is 13.4. The second-order valence-electron chi connectivity index (χ2n) is 4.37. The number of nitro groups is 1. The maximum absolute atomic E-state index is 11.6. The smallest absolute Gasteiger partial charge is 0.311 e. The predicted molar refractivity (Wildman–Crippen MR) is 83.9 cm³/mol. The van der Waals surface area contributed by atoms with Crippen molar-refractivity contribution in [1.82, 2.24) is 10.6 Å². The summed E-state index contributed by atoms with van der Waals surface area (Å²) in [6.07, 6.45) is 0. The Balaban J connectivity index is 0.00000441. The van der Waals surface area contributed by atoms with E-state index in [-0.39, 0.29) is 42.4 Å². The van der Waals surface area contributed by atoms with Crippen molar-refractivity contribution < 1.29 is 19.2 Å². The summed E-state index contributed by atoms with van der Waals surface area (Å²) in [6, 6.07) is 4.23. The number of likely N-dealkylation sites (N-methyl/N-ethyl adjacent to an activating group) is 1. The van der Waals surface area contributed by atoms with E-state index in [1.807, 2.05) is 6.92 Å². The molecule has 0 bridgehead atoms. The van der Waals surface area contributed by atoms with Crippen LogP contribution in [0.5, 0.6) is 11.5 Å². The van der Waals surface area contributed by atoms with Crippen LogP contribution in [0.25, 0.3) is 0 Å². The molecule has 1 aromatic rings. The highest BCUT2D eigenvalue weighted by Gasteiger charge is 2.15. The first-order valence-electron chi connectivity index (χ1n) is 6.37. The fourth-order valence-corrected chi connectivity index (χ4v) is 1.47. The average Bonchev–Trinajstić information content (AvgIpc) is 2.49. The Morgan fingerprint density at radius 2 is 2.14 bits per heavy atom. The number of nitrogens with zero attached hydrogens (tertiary/aromatic N) is 1. The molecule has 2 N–H and O–H groups in total. The van der Waals surface area contributed by atoms with E-state index in [9.17, 15) is 14.9 Å². The van der Waals surface area contributed by atoms with Gasteiger partial charge in [-0.1, -0.05) is 0 Å². The van der Waals surface area contributed by atoms with Crippen LogP contribution in [0.3, 0.4) is 0 Å². The van der Waals surface area contributed by atoms with Gasteiger partial charge in [0.2, 0.25) is 5.75 Å². The van der Waals surface area contributed by atoms with Gasteiger partial charge in [-0.25, -0.2) is 0 Å². The molecule has 0 spiro atoms. The van der Waals surface area contributed by atoms with Crippen LogP contribution < -0.4 is 20.1 Å². The van der Waals surface area contributed by atoms with Gasteiger partial charge in [0, 0.05) is 24.7 Å². The lowest BCUT2D eigenvalue weighted by Gasteiger charge is -2.12. The van der Waals surface area contributed by atoms with Crippen molar-refractivity contribution in [2.75, 3.05) is 27.3 Å². The van der Waals surface area contributed by atoms with E-state index in [2.05, 4.69) is 10.6 Å². The van der Waals surface area contributed by atoms with Crippen molar-refractivity contribution in [3.63, 3.8) is 0 Å². The lowest BCUT2D eigenvalue weighted by Crippen LogP contribution is -2.39. The third kappa shape index (κ3) is 6.15. The number of benzene rings is 1. The summed E-state index contributed by atoms with van der Waals surface area (Å²) in [6.45, 7) is 2.25. The Labute approximate surface area is 134 Å². The summed E-state index contributed by atoms with van der Waals surface area (Å²) >= 11 is 0. The topological polar surface area (TPSA) is 103 Å². The van der Waals surface area contributed by atoms with Gasteiger partial charge in [0.05, 0.1) is 12.0 Å². The van der Waals surface area contributed by atoms with Gasteiger partial charge in [-0.2, -0.15) is 0 Å². The second-order valence-corrected chi connectivity index (χ2v) is 4.37. The van der Waals surface area contributed by atoms with Crippen LogP contribution >= 0.6 is 12.4 Å². The minimum absolute atomic E-state index is 0. The third-order valence-corrected chi connectivity index (χ3v) is 2.82. The molecule has 0 heterocycles. The number of methoxy groups -OCH3 is 1. The standard InChI is InChI=1S/C13H19N3O5.ClH/c1-9(14-2)7-15-13(17)8-21-10-4-5-11(16(18)19)12(6-10)20-3;/h4-6,9,14H,7-8H2,1-3H3,(H,15,17);1H. The lowest BCUT2D eigenvalue weighted by molar-refractivity contribution is -0.385. The zero-order valence-electron chi connectivity index (χ0n) is 12.6. The van der Waals surface area contributed by atoms with Gasteiger partial charge in [0.25, 0.3) is 5.91 Å². The van der Waals surface area contributed by atoms with Crippen molar-refractivity contribution in [2.45, 2.75) is 13.0 Å². The minimum Gasteiger partial charge on any atom is -0.490 e. The Kier molecular flexibility index (Phi) is 8.88. The molecule has 9 heteroatoms. The molecule has 0 aromatic heterocycles. The minimum atomic E-state index is -0.547. The van der Waals surface area contributed by atoms with E-state index in [0.717, 1.165) is 0 Å². The highest BCUT2D eigenvalue weighted by Crippen LogP contribution is 2.30. The van der Waals surface area contributed by atoms with E-state index >= 15 is 0 Å². The Morgan fingerprint density at radius 3 is 2.68 bits per heavy atom. The SMILES string of the molecule is CNC(C)CNC(=O)COc1ccc([N+](=O)[O-])c(OC)c1.Cl. The first-order valence-corrected chi connectivity index (χ1v) is 6.37. The van der Waals surface area contributed by atoms with Crippen LogP contribution in [-0.2, 0) is 4.79 Å². The normalized spacial score (nSPS) is 11.0. The van der Waals surface area contributed by atoms with Gasteiger partial charge in [-0.05, 0) is 20.0 Å². The van der Waals surface area contributed by atoms with Crippen molar-refractivity contribution >= 4 is 24.0 Å². The molecule has 0 aliphatic rings. The molecule has 1 rings (SSSR count). The summed E-state index contributed by atoms with van der Waals surface area (Å²) in [5.41, 5.74) is -0.155. The van der Waals surface area contributed by atoms with Crippen molar-refractivity contribution in [1.29, 1.82) is 0 Å². The molecule has 8 nitrogen and oxygen atoms in total. The summed E-state index contributed by atoms with van der Waals surface area (Å²) in [5, 5.41) is 16.4. The van der Waals surface area contributed by atoms with Gasteiger partial charge < -0.3 is 20.1 Å². The number of rotatable bonds is 8. The molecule has 0 saturated heterocycles. The molecule has 0 aliphatic heterocycles. The largest absolute Gasteiger partial charge is 0.490 e. The summed E-state index contributed by atoms with van der Waals surface area (Å²) in [5.74, 6) is 0.144. The molecule has 0 fully saturated rings. The number of carbonyl (C=O) groups excluding carboxylic acids is 1. The van der Waals surface area contributed by atoms with Crippen LogP contribution in [0, 0.1) is 10.1 Å². The Hall–Kier alpha value is -2.06. The van der Waals surface area contributed by atoms with Crippen LogP contribution in [0.15, 0.2) is 18.2 Å². The van der Waals surface area contributed by atoms with E-state index in [4.69, 9.17) is 9.47 Å². The van der Waals surface area contributed by atoms with Crippen LogP contribution in [0.1, 0.15) is 6.92 Å². The maximum atomic E-state index is 11.6. The summed E-state index contributed by atoms with van der Waals surface area (Å²) in [4.78, 5) is 21.8. The predicted octanol–water partition coefficient (Wildman–Crippen LogP) is 1.13. The summed E-state index contributed by atoms with van der Waals surface area (Å²) in [7, 11) is 3.13. The number of amides is 1. The molecule has 0 aliphatic carbocycles. The average molecular weight is 334 g/mol. The molecule has 0 saturated carbocycles. The molecule has 22 heavy (non-hydrogen) atoms. The van der Waals surface area contributed by atoms with Crippen LogP contribution in [-0.4, -0.2) is 44.2 Å². The monoisotopic (exact) mass is 333 g/mol. The molecule has 1 amide bonds. The van der Waals surface area contributed by atoms with Crippen LogP contribution in [0.4, 0.5) is 5.69 Å². The maximum Gasteiger partial charge on any atom is 0.311 e. The molecule has 0 radical (unpaired) electrons. The summed E-state index contributed by atoms with van der Waals surface area (Å²) < 4.78 is 10.2. The van der Waals surface area contributed by atoms with E-state index in [1.54, 1.807) is 7.05 Å². The number of nitro benzene ring substituents is 1. The number of nitrogens with one attached hydrogen (secondary N) is 2. The van der Waals surface area contributed by atoms with Crippen LogP contribution in [0.2, 0.25) is 0 Å². The van der Waals surface area contributed by atoms with Gasteiger partial charge in [0.15, 0.2) is 6.61 Å². The van der Waals surface area contributed by atoms with Crippen molar-refractivity contribution in [3.05, 3.63) is 28.3 Å². The second kappa shape index (κ2) is 9.80. The third-order valence-electron chi connectivity index (χ3n) is 2.82. The Bertz CT molecular complexity index is 512. The molecule has 1 atom stereocenters. The number of ether oxygens (including phenoxy) is 2. The Morgan fingerprint density at radius 1 is 1.45 bits per heavy atom. The lowest BCUT2D eigenvalue weighted by atomic mass is 10.3. The van der Waals surface area contributed by atoms with Crippen molar-refractivity contribution in [3.8, 4) is 11.5 Å². The number of hydrogen-bond acceptors (Lipinski definition) is 6. The molecule has 124 valence electrons. The van der Waals surface area contributed by atoms with Gasteiger partial charge >= 0.3 is 5.69 Å². The van der Waals surface area contributed by atoms with E-state index < -0.39 is 4.92 Å². The van der Waals surface area contributed by atoms with Crippen molar-refractivity contribution in [2.24, 2.45) is 0 Å². The highest BCUT2D eigenvalue weighted by molar-refractivity contribution is 5.85. The molecular weight excluding hydrogens is 314 g/mol. The van der Waals surface area contributed by atoms with Gasteiger partial charge in [-0.3, -0.25) is 14.9 Å². The fraction of sp³-hybridized carbons (Fsp3) is 0.462. The van der Waals surface area contributed by atoms with E-state index in [1.165, 1.54) is 25.3 Å². The molecular formula is C13H20ClN3O5. The number of hydrogen-bond donors (Lipinski definition) is 2. The zero-order chi connectivity index (χ0) is 15.8. The number of halogens is 1. The first kappa shape index (κ1) is 19.9.